The van der Waals surface area contributed by atoms with Crippen LogP contribution in [0, 0.1) is 6.92 Å². The molecule has 1 aliphatic rings. The van der Waals surface area contributed by atoms with Gasteiger partial charge in [-0.25, -0.2) is 4.79 Å². The van der Waals surface area contributed by atoms with E-state index in [0.29, 0.717) is 25.4 Å². The highest BCUT2D eigenvalue weighted by atomic mass is 32.2. The Balaban J connectivity index is 2.09. The molecule has 1 aromatic carbocycles. The Kier molecular flexibility index (Phi) is 6.54. The van der Waals surface area contributed by atoms with Gasteiger partial charge >= 0.3 is 6.03 Å². The van der Waals surface area contributed by atoms with E-state index in [1.165, 1.54) is 11.1 Å². The average molecular weight is 350 g/mol. The number of carbonyl (C=O) groups is 2. The van der Waals surface area contributed by atoms with Gasteiger partial charge in [-0.2, -0.15) is 0 Å². The molecule has 1 aliphatic heterocycles. The summed E-state index contributed by atoms with van der Waals surface area (Å²) in [6, 6.07) is 8.21. The highest BCUT2D eigenvalue weighted by molar-refractivity contribution is 8.00. The lowest BCUT2D eigenvalue weighted by Gasteiger charge is -2.31. The highest BCUT2D eigenvalue weighted by Gasteiger charge is 2.34. The summed E-state index contributed by atoms with van der Waals surface area (Å²) in [5, 5.41) is 2.89. The van der Waals surface area contributed by atoms with Gasteiger partial charge in [-0.15, -0.1) is 11.8 Å². The van der Waals surface area contributed by atoms with Crippen LogP contribution in [0.4, 0.5) is 4.79 Å². The van der Waals surface area contributed by atoms with E-state index in [0.717, 1.165) is 0 Å². The van der Waals surface area contributed by atoms with Crippen molar-refractivity contribution in [2.45, 2.75) is 39.1 Å². The van der Waals surface area contributed by atoms with Gasteiger partial charge in [0, 0.05) is 25.7 Å². The molecule has 0 radical (unpaired) electrons. The van der Waals surface area contributed by atoms with E-state index < -0.39 is 0 Å². The summed E-state index contributed by atoms with van der Waals surface area (Å²) in [4.78, 5) is 28.2. The number of urea groups is 1. The minimum Gasteiger partial charge on any atom is -0.338 e. The first-order valence-corrected chi connectivity index (χ1v) is 9.51. The topological polar surface area (TPSA) is 52.7 Å². The maximum atomic E-state index is 12.3. The number of hydrogen-bond acceptors (Lipinski definition) is 3. The lowest BCUT2D eigenvalue weighted by Crippen LogP contribution is -2.47. The number of hydrogen-bond donors (Lipinski definition) is 1. The molecule has 1 fully saturated rings. The van der Waals surface area contributed by atoms with Crippen molar-refractivity contribution in [3.05, 3.63) is 35.4 Å². The number of benzene rings is 1. The fourth-order valence-electron chi connectivity index (χ4n) is 2.88. The summed E-state index contributed by atoms with van der Waals surface area (Å²) in [5.41, 5.74) is 2.38. The van der Waals surface area contributed by atoms with Crippen molar-refractivity contribution >= 4 is 23.7 Å². The number of amides is 3. The smallest absolute Gasteiger partial charge is 0.317 e. The minimum atomic E-state index is -0.0701. The van der Waals surface area contributed by atoms with E-state index >= 15 is 0 Å². The Labute approximate surface area is 148 Å². The predicted octanol–water partition coefficient (Wildman–Crippen LogP) is 3.01. The fourth-order valence-corrected chi connectivity index (χ4v) is 4.19. The normalized spacial score (nSPS) is 17.5. The molecule has 24 heavy (non-hydrogen) atoms. The average Bonchev–Trinajstić information content (AvgIpc) is 2.89. The quantitative estimate of drug-likeness (QED) is 0.859. The van der Waals surface area contributed by atoms with Crippen LogP contribution in [-0.2, 0) is 4.79 Å². The van der Waals surface area contributed by atoms with Gasteiger partial charge in [0.25, 0.3) is 0 Å². The first-order chi connectivity index (χ1) is 11.5. The van der Waals surface area contributed by atoms with Crippen molar-refractivity contribution in [3.8, 4) is 0 Å². The van der Waals surface area contributed by atoms with Gasteiger partial charge in [0.2, 0.25) is 5.91 Å². The van der Waals surface area contributed by atoms with E-state index in [-0.39, 0.29) is 23.4 Å². The van der Waals surface area contributed by atoms with Crippen molar-refractivity contribution in [2.75, 3.05) is 25.4 Å². The molecule has 6 heteroatoms. The SMILES string of the molecule is CCNC(=O)N(CCN1C(=O)CS[C@H]1c1ccccc1C)C(C)C. The second kappa shape index (κ2) is 8.42. The van der Waals surface area contributed by atoms with E-state index in [2.05, 4.69) is 24.4 Å². The zero-order valence-corrected chi connectivity index (χ0v) is 15.7. The largest absolute Gasteiger partial charge is 0.338 e. The molecule has 0 aliphatic carbocycles. The van der Waals surface area contributed by atoms with Gasteiger partial charge in [0.05, 0.1) is 5.75 Å². The van der Waals surface area contributed by atoms with Crippen LogP contribution in [0.1, 0.15) is 37.3 Å². The number of thioether (sulfide) groups is 1. The van der Waals surface area contributed by atoms with Crippen molar-refractivity contribution in [2.24, 2.45) is 0 Å². The van der Waals surface area contributed by atoms with Crippen molar-refractivity contribution < 1.29 is 9.59 Å². The number of nitrogens with one attached hydrogen (secondary N) is 1. The molecular formula is C18H27N3O2S. The number of carbonyl (C=O) groups excluding carboxylic acids is 2. The molecule has 1 N–H and O–H groups in total. The second-order valence-corrected chi connectivity index (χ2v) is 7.30. The molecule has 0 bridgehead atoms. The predicted molar refractivity (Wildman–Crippen MR) is 99.0 cm³/mol. The Hall–Kier alpha value is -1.69. The molecule has 0 spiro atoms. The first kappa shape index (κ1) is 18.6. The van der Waals surface area contributed by atoms with Crippen LogP contribution < -0.4 is 5.32 Å². The Morgan fingerprint density at radius 1 is 1.42 bits per heavy atom. The van der Waals surface area contributed by atoms with Gasteiger partial charge in [0.1, 0.15) is 5.37 Å². The number of aryl methyl sites for hydroxylation is 1. The minimum absolute atomic E-state index is 0.0435. The molecule has 3 amide bonds. The lowest BCUT2D eigenvalue weighted by molar-refractivity contribution is -0.128. The van der Waals surface area contributed by atoms with Crippen LogP contribution in [-0.4, -0.2) is 53.2 Å². The molecule has 1 atom stereocenters. The van der Waals surface area contributed by atoms with Crippen molar-refractivity contribution in [1.29, 1.82) is 0 Å². The summed E-state index contributed by atoms with van der Waals surface area (Å²) in [7, 11) is 0. The van der Waals surface area contributed by atoms with Gasteiger partial charge < -0.3 is 15.1 Å². The molecule has 132 valence electrons. The third-order valence-corrected chi connectivity index (χ3v) is 5.45. The van der Waals surface area contributed by atoms with E-state index in [1.807, 2.05) is 37.8 Å². The van der Waals surface area contributed by atoms with Gasteiger partial charge in [-0.05, 0) is 38.8 Å². The molecular weight excluding hydrogens is 322 g/mol. The summed E-state index contributed by atoms with van der Waals surface area (Å²) in [5.74, 6) is 0.648. The third kappa shape index (κ3) is 4.23. The van der Waals surface area contributed by atoms with Crippen LogP contribution in [0.3, 0.4) is 0 Å². The molecule has 1 saturated heterocycles. The van der Waals surface area contributed by atoms with Crippen LogP contribution in [0.15, 0.2) is 24.3 Å². The van der Waals surface area contributed by atoms with Gasteiger partial charge in [-0.1, -0.05) is 24.3 Å². The maximum absolute atomic E-state index is 12.3. The summed E-state index contributed by atoms with van der Waals surface area (Å²) in [6.45, 7) is 9.67. The van der Waals surface area contributed by atoms with Gasteiger partial charge in [-0.3, -0.25) is 4.79 Å². The van der Waals surface area contributed by atoms with E-state index in [1.54, 1.807) is 16.7 Å². The molecule has 0 saturated carbocycles. The Bertz CT molecular complexity index is 591. The van der Waals surface area contributed by atoms with E-state index in [9.17, 15) is 9.59 Å². The van der Waals surface area contributed by atoms with Crippen LogP contribution >= 0.6 is 11.8 Å². The van der Waals surface area contributed by atoms with Crippen LogP contribution in [0.5, 0.6) is 0 Å². The fraction of sp³-hybridized carbons (Fsp3) is 0.556. The monoisotopic (exact) mass is 349 g/mol. The molecule has 2 rings (SSSR count). The summed E-state index contributed by atoms with van der Waals surface area (Å²) < 4.78 is 0. The van der Waals surface area contributed by atoms with Crippen molar-refractivity contribution in [3.63, 3.8) is 0 Å². The Morgan fingerprint density at radius 2 is 2.12 bits per heavy atom. The van der Waals surface area contributed by atoms with Crippen LogP contribution in [0.2, 0.25) is 0 Å². The van der Waals surface area contributed by atoms with E-state index in [4.69, 9.17) is 0 Å². The molecule has 1 aromatic rings. The standard InChI is InChI=1S/C18H27N3O2S/c1-5-19-18(23)20(13(2)3)10-11-21-16(22)12-24-17(21)15-9-7-6-8-14(15)4/h6-9,13,17H,5,10-12H2,1-4H3,(H,19,23)/t17-/m0/s1. The van der Waals surface area contributed by atoms with Crippen molar-refractivity contribution in [1.82, 2.24) is 15.1 Å². The zero-order valence-electron chi connectivity index (χ0n) is 14.9. The molecule has 1 heterocycles. The lowest BCUT2D eigenvalue weighted by atomic mass is 10.1. The number of rotatable bonds is 6. The summed E-state index contributed by atoms with van der Waals surface area (Å²) >= 11 is 1.66. The maximum Gasteiger partial charge on any atom is 0.317 e. The Morgan fingerprint density at radius 3 is 2.75 bits per heavy atom. The molecule has 0 unspecified atom stereocenters. The summed E-state index contributed by atoms with van der Waals surface area (Å²) in [6.07, 6.45) is 0. The number of nitrogens with zero attached hydrogens (tertiary/aromatic N) is 2. The molecule has 0 aromatic heterocycles. The van der Waals surface area contributed by atoms with Gasteiger partial charge in [0.15, 0.2) is 0 Å². The second-order valence-electron chi connectivity index (χ2n) is 6.23. The zero-order chi connectivity index (χ0) is 17.7. The third-order valence-electron chi connectivity index (χ3n) is 4.22. The van der Waals surface area contributed by atoms with Crippen LogP contribution in [0.25, 0.3) is 0 Å². The molecule has 5 nitrogen and oxygen atoms in total. The first-order valence-electron chi connectivity index (χ1n) is 8.46. The highest BCUT2D eigenvalue weighted by Crippen LogP contribution is 2.39.